The molecule has 1 aliphatic heterocycles. The molecular weight excluding hydrogens is 234 g/mol. The Balaban J connectivity index is 2.05. The van der Waals surface area contributed by atoms with Gasteiger partial charge in [-0.3, -0.25) is 4.90 Å². The Labute approximate surface area is 107 Å². The van der Waals surface area contributed by atoms with Gasteiger partial charge in [-0.15, -0.1) is 0 Å². The molecule has 0 bridgehead atoms. The van der Waals surface area contributed by atoms with E-state index in [0.29, 0.717) is 12.5 Å². The average molecular weight is 254 g/mol. The molecule has 4 heteroatoms. The third kappa shape index (κ3) is 3.06. The highest BCUT2D eigenvalue weighted by Crippen LogP contribution is 2.22. The van der Waals surface area contributed by atoms with Crippen molar-refractivity contribution in [1.29, 1.82) is 0 Å². The van der Waals surface area contributed by atoms with Crippen LogP contribution >= 0.6 is 0 Å². The smallest absolute Gasteiger partial charge is 0.130 e. The highest BCUT2D eigenvalue weighted by molar-refractivity contribution is 5.19. The molecule has 2 nitrogen and oxygen atoms in total. The lowest BCUT2D eigenvalue weighted by Gasteiger charge is -2.34. The van der Waals surface area contributed by atoms with Crippen LogP contribution in [0.15, 0.2) is 18.2 Å². The fraction of sp³-hybridized carbons (Fsp3) is 0.571. The van der Waals surface area contributed by atoms with Crippen molar-refractivity contribution in [3.63, 3.8) is 0 Å². The fourth-order valence-electron chi connectivity index (χ4n) is 2.57. The van der Waals surface area contributed by atoms with Crippen LogP contribution in [0.2, 0.25) is 0 Å². The van der Waals surface area contributed by atoms with Crippen molar-refractivity contribution in [1.82, 2.24) is 4.90 Å². The van der Waals surface area contributed by atoms with Gasteiger partial charge in [0, 0.05) is 24.7 Å². The summed E-state index contributed by atoms with van der Waals surface area (Å²) in [6.07, 6.45) is 2.15. The van der Waals surface area contributed by atoms with Crippen molar-refractivity contribution < 1.29 is 8.78 Å². The van der Waals surface area contributed by atoms with Gasteiger partial charge in [0.1, 0.15) is 11.6 Å². The first-order valence-corrected chi connectivity index (χ1v) is 6.48. The van der Waals surface area contributed by atoms with Gasteiger partial charge in [-0.2, -0.15) is 0 Å². The number of likely N-dealkylation sites (tertiary alicyclic amines) is 1. The molecule has 18 heavy (non-hydrogen) atoms. The number of nitrogens with zero attached hydrogens (tertiary/aromatic N) is 1. The molecule has 2 unspecified atom stereocenters. The molecule has 0 radical (unpaired) electrons. The summed E-state index contributed by atoms with van der Waals surface area (Å²) in [6, 6.07) is 4.16. The van der Waals surface area contributed by atoms with Gasteiger partial charge < -0.3 is 5.73 Å². The number of halogens is 2. The largest absolute Gasteiger partial charge is 0.328 e. The number of piperidine rings is 1. The standard InChI is InChI=1S/C14H20F2N2/c1-10(17)11-4-3-7-18(8-11)9-12-13(15)5-2-6-14(12)16/h2,5-6,10-11H,3-4,7-9,17H2,1H3. The van der Waals surface area contributed by atoms with Crippen LogP contribution in [0.4, 0.5) is 8.78 Å². The van der Waals surface area contributed by atoms with Crippen LogP contribution in [0.3, 0.4) is 0 Å². The van der Waals surface area contributed by atoms with Crippen LogP contribution in [0.25, 0.3) is 0 Å². The summed E-state index contributed by atoms with van der Waals surface area (Å²) in [7, 11) is 0. The van der Waals surface area contributed by atoms with E-state index in [2.05, 4.69) is 4.90 Å². The normalized spacial score (nSPS) is 23.0. The third-order valence-electron chi connectivity index (χ3n) is 3.73. The van der Waals surface area contributed by atoms with E-state index in [9.17, 15) is 8.78 Å². The Kier molecular flexibility index (Phi) is 4.30. The van der Waals surface area contributed by atoms with E-state index in [1.54, 1.807) is 0 Å². The molecule has 1 aliphatic rings. The first kappa shape index (κ1) is 13.4. The van der Waals surface area contributed by atoms with E-state index in [0.717, 1.165) is 25.9 Å². The summed E-state index contributed by atoms with van der Waals surface area (Å²) < 4.78 is 27.1. The topological polar surface area (TPSA) is 29.3 Å². The quantitative estimate of drug-likeness (QED) is 0.898. The maximum atomic E-state index is 13.6. The van der Waals surface area contributed by atoms with Gasteiger partial charge in [-0.1, -0.05) is 6.07 Å². The Hall–Kier alpha value is -1.00. The average Bonchev–Trinajstić information content (AvgIpc) is 2.34. The number of hydrogen-bond acceptors (Lipinski definition) is 2. The SMILES string of the molecule is CC(N)C1CCCN(Cc2c(F)cccc2F)C1. The zero-order valence-corrected chi connectivity index (χ0v) is 10.7. The number of rotatable bonds is 3. The van der Waals surface area contributed by atoms with Crippen LogP contribution in [0.5, 0.6) is 0 Å². The molecule has 0 saturated carbocycles. The molecular formula is C14H20F2N2. The van der Waals surface area contributed by atoms with Crippen LogP contribution in [0.1, 0.15) is 25.3 Å². The Morgan fingerprint density at radius 1 is 1.39 bits per heavy atom. The zero-order chi connectivity index (χ0) is 13.1. The molecule has 1 aromatic carbocycles. The summed E-state index contributed by atoms with van der Waals surface area (Å²) in [5.41, 5.74) is 6.08. The van der Waals surface area contributed by atoms with Gasteiger partial charge in [0.15, 0.2) is 0 Å². The second-order valence-corrected chi connectivity index (χ2v) is 5.20. The molecule has 0 aliphatic carbocycles. The van der Waals surface area contributed by atoms with E-state index in [1.165, 1.54) is 18.2 Å². The van der Waals surface area contributed by atoms with E-state index in [1.807, 2.05) is 6.92 Å². The third-order valence-corrected chi connectivity index (χ3v) is 3.73. The Bertz CT molecular complexity index is 387. The van der Waals surface area contributed by atoms with E-state index >= 15 is 0 Å². The molecule has 2 rings (SSSR count). The minimum atomic E-state index is -0.460. The second kappa shape index (κ2) is 5.76. The Morgan fingerprint density at radius 2 is 2.06 bits per heavy atom. The van der Waals surface area contributed by atoms with Crippen LogP contribution in [-0.2, 0) is 6.54 Å². The summed E-state index contributed by atoms with van der Waals surface area (Å²) >= 11 is 0. The summed E-state index contributed by atoms with van der Waals surface area (Å²) in [6.45, 7) is 4.04. The number of hydrogen-bond donors (Lipinski definition) is 1. The van der Waals surface area contributed by atoms with Crippen molar-refractivity contribution in [2.75, 3.05) is 13.1 Å². The molecule has 0 aromatic heterocycles. The first-order valence-electron chi connectivity index (χ1n) is 6.48. The lowest BCUT2D eigenvalue weighted by molar-refractivity contribution is 0.151. The second-order valence-electron chi connectivity index (χ2n) is 5.20. The van der Waals surface area contributed by atoms with Gasteiger partial charge >= 0.3 is 0 Å². The van der Waals surface area contributed by atoms with Gasteiger partial charge in [0.2, 0.25) is 0 Å². The van der Waals surface area contributed by atoms with Gasteiger partial charge in [-0.05, 0) is 44.4 Å². The van der Waals surface area contributed by atoms with Crippen LogP contribution in [0, 0.1) is 17.6 Å². The van der Waals surface area contributed by atoms with Crippen molar-refractivity contribution in [3.8, 4) is 0 Å². The summed E-state index contributed by atoms with van der Waals surface area (Å²) in [5, 5.41) is 0. The summed E-state index contributed by atoms with van der Waals surface area (Å²) in [5.74, 6) is -0.496. The molecule has 0 amide bonds. The van der Waals surface area contributed by atoms with Gasteiger partial charge in [-0.25, -0.2) is 8.78 Å². The van der Waals surface area contributed by atoms with Crippen molar-refractivity contribution in [2.45, 2.75) is 32.4 Å². The minimum Gasteiger partial charge on any atom is -0.328 e. The predicted octanol–water partition coefficient (Wildman–Crippen LogP) is 2.52. The molecule has 0 spiro atoms. The van der Waals surface area contributed by atoms with E-state index < -0.39 is 11.6 Å². The molecule has 100 valence electrons. The molecule has 2 atom stereocenters. The highest BCUT2D eigenvalue weighted by atomic mass is 19.1. The van der Waals surface area contributed by atoms with E-state index in [4.69, 9.17) is 5.73 Å². The molecule has 1 heterocycles. The number of nitrogens with two attached hydrogens (primary N) is 1. The predicted molar refractivity (Wildman–Crippen MR) is 68.0 cm³/mol. The fourth-order valence-corrected chi connectivity index (χ4v) is 2.57. The maximum Gasteiger partial charge on any atom is 0.130 e. The number of benzene rings is 1. The molecule has 1 aromatic rings. The first-order chi connectivity index (χ1) is 8.58. The Morgan fingerprint density at radius 3 is 2.67 bits per heavy atom. The van der Waals surface area contributed by atoms with E-state index in [-0.39, 0.29) is 11.6 Å². The van der Waals surface area contributed by atoms with Crippen molar-refractivity contribution in [2.24, 2.45) is 11.7 Å². The minimum absolute atomic E-state index is 0.137. The van der Waals surface area contributed by atoms with Gasteiger partial charge in [0.05, 0.1) is 0 Å². The van der Waals surface area contributed by atoms with Crippen LogP contribution in [-0.4, -0.2) is 24.0 Å². The van der Waals surface area contributed by atoms with Crippen LogP contribution < -0.4 is 5.73 Å². The van der Waals surface area contributed by atoms with Crippen molar-refractivity contribution in [3.05, 3.63) is 35.4 Å². The monoisotopic (exact) mass is 254 g/mol. The molecule has 2 N–H and O–H groups in total. The zero-order valence-electron chi connectivity index (χ0n) is 10.7. The lowest BCUT2D eigenvalue weighted by Crippen LogP contribution is -2.42. The summed E-state index contributed by atoms with van der Waals surface area (Å²) in [4.78, 5) is 2.10. The van der Waals surface area contributed by atoms with Crippen molar-refractivity contribution >= 4 is 0 Å². The highest BCUT2D eigenvalue weighted by Gasteiger charge is 2.24. The van der Waals surface area contributed by atoms with Gasteiger partial charge in [0.25, 0.3) is 0 Å². The maximum absolute atomic E-state index is 13.6. The lowest BCUT2D eigenvalue weighted by atomic mass is 9.92. The molecule has 1 fully saturated rings. The molecule has 1 saturated heterocycles.